The van der Waals surface area contributed by atoms with Crippen LogP contribution in [0.3, 0.4) is 0 Å². The first-order valence-corrected chi connectivity index (χ1v) is 16.6. The summed E-state index contributed by atoms with van der Waals surface area (Å²) >= 11 is 6.52. The first-order valence-electron chi connectivity index (χ1n) is 16.3. The minimum Gasteiger partial charge on any atom is -0.376 e. The van der Waals surface area contributed by atoms with Crippen LogP contribution in [0.15, 0.2) is 59.5 Å². The lowest BCUT2D eigenvalue weighted by Gasteiger charge is -2.43. The average Bonchev–Trinajstić information content (AvgIpc) is 3.57. The van der Waals surface area contributed by atoms with Gasteiger partial charge in [-0.3, -0.25) is 14.3 Å². The zero-order chi connectivity index (χ0) is 30.9. The van der Waals surface area contributed by atoms with E-state index in [1.54, 1.807) is 16.8 Å². The summed E-state index contributed by atoms with van der Waals surface area (Å²) in [5.74, 6) is 0.452. The molecule has 3 fully saturated rings. The molecule has 3 aliphatic heterocycles. The number of nitrogens with one attached hydrogen (secondary N) is 1. The number of anilines is 3. The molecule has 3 aliphatic rings. The Morgan fingerprint density at radius 2 is 1.78 bits per heavy atom. The molecule has 3 saturated heterocycles. The van der Waals surface area contributed by atoms with Crippen LogP contribution in [-0.2, 0) is 11.3 Å². The summed E-state index contributed by atoms with van der Waals surface area (Å²) in [6, 6.07) is 16.4. The Balaban J connectivity index is 1.11. The van der Waals surface area contributed by atoms with Gasteiger partial charge in [0.1, 0.15) is 5.65 Å². The third kappa shape index (κ3) is 6.45. The van der Waals surface area contributed by atoms with Crippen molar-refractivity contribution in [2.75, 3.05) is 63.1 Å². The Hall–Kier alpha value is -3.50. The van der Waals surface area contributed by atoms with Gasteiger partial charge in [-0.15, -0.1) is 0 Å². The van der Waals surface area contributed by atoms with Crippen molar-refractivity contribution < 1.29 is 4.74 Å². The number of ether oxygens (including phenoxy) is 1. The van der Waals surface area contributed by atoms with Crippen molar-refractivity contribution in [3.05, 3.63) is 75.7 Å². The third-order valence-corrected chi connectivity index (χ3v) is 10.0. The molecule has 0 amide bonds. The van der Waals surface area contributed by atoms with Crippen LogP contribution in [0.5, 0.6) is 0 Å². The number of piperazine rings is 1. The number of benzene rings is 2. The Bertz CT molecular complexity index is 1720. The van der Waals surface area contributed by atoms with E-state index in [1.807, 2.05) is 24.3 Å². The SMILES string of the molecule is Cc1cc(Nc2ncc3cc(-c4ccccc4Cl)c(=O)n(C[C@H]4CCCO4)c3n2)ccc1N1CCC(N2CCN(C)CC2)CC1. The summed E-state index contributed by atoms with van der Waals surface area (Å²) in [4.78, 5) is 31.1. The molecule has 2 aromatic carbocycles. The topological polar surface area (TPSA) is 78.8 Å². The molecule has 1 N–H and O–H groups in total. The molecule has 0 radical (unpaired) electrons. The van der Waals surface area contributed by atoms with Crippen LogP contribution in [-0.4, -0.2) is 89.4 Å². The lowest BCUT2D eigenvalue weighted by atomic mass is 10.0. The van der Waals surface area contributed by atoms with Gasteiger partial charge in [-0.1, -0.05) is 29.8 Å². The number of halogens is 1. The van der Waals surface area contributed by atoms with Gasteiger partial charge in [0.25, 0.3) is 5.56 Å². The largest absolute Gasteiger partial charge is 0.376 e. The van der Waals surface area contributed by atoms with Crippen LogP contribution in [0, 0.1) is 6.92 Å². The summed E-state index contributed by atoms with van der Waals surface area (Å²) in [6.07, 6.45) is 6.08. The van der Waals surface area contributed by atoms with E-state index in [9.17, 15) is 4.79 Å². The van der Waals surface area contributed by atoms with Gasteiger partial charge in [-0.05, 0) is 75.5 Å². The van der Waals surface area contributed by atoms with Gasteiger partial charge in [0.05, 0.1) is 12.6 Å². The van der Waals surface area contributed by atoms with Crippen LogP contribution in [0.25, 0.3) is 22.2 Å². The number of pyridine rings is 1. The lowest BCUT2D eigenvalue weighted by Crippen LogP contribution is -2.52. The molecule has 0 spiro atoms. The number of likely N-dealkylation sites (N-methyl/N-ethyl adjacent to an activating group) is 1. The van der Waals surface area contributed by atoms with Crippen molar-refractivity contribution in [2.24, 2.45) is 0 Å². The Kier molecular flexibility index (Phi) is 8.77. The van der Waals surface area contributed by atoms with Gasteiger partial charge >= 0.3 is 0 Å². The third-order valence-electron chi connectivity index (χ3n) is 9.71. The van der Waals surface area contributed by atoms with Crippen LogP contribution in [0.1, 0.15) is 31.2 Å². The molecule has 9 nitrogen and oxygen atoms in total. The van der Waals surface area contributed by atoms with E-state index < -0.39 is 0 Å². The Morgan fingerprint density at radius 3 is 2.51 bits per heavy atom. The monoisotopic (exact) mass is 627 g/mol. The number of rotatable bonds is 7. The maximum absolute atomic E-state index is 13.9. The highest BCUT2D eigenvalue weighted by Gasteiger charge is 2.27. The first kappa shape index (κ1) is 30.2. The van der Waals surface area contributed by atoms with E-state index >= 15 is 0 Å². The zero-order valence-corrected chi connectivity index (χ0v) is 27.0. The smallest absolute Gasteiger partial charge is 0.260 e. The molecule has 236 valence electrons. The maximum Gasteiger partial charge on any atom is 0.260 e. The fraction of sp³-hybridized carbons (Fsp3) is 0.457. The Morgan fingerprint density at radius 1 is 0.978 bits per heavy atom. The highest BCUT2D eigenvalue weighted by Crippen LogP contribution is 2.31. The predicted octanol–water partition coefficient (Wildman–Crippen LogP) is 5.56. The molecule has 2 aromatic heterocycles. The molecule has 45 heavy (non-hydrogen) atoms. The van der Waals surface area contributed by atoms with Gasteiger partial charge in [0, 0.05) is 91.0 Å². The van der Waals surface area contributed by atoms with E-state index in [-0.39, 0.29) is 11.7 Å². The fourth-order valence-corrected chi connectivity index (χ4v) is 7.37. The van der Waals surface area contributed by atoms with Crippen LogP contribution < -0.4 is 15.8 Å². The molecule has 1 atom stereocenters. The number of aryl methyl sites for hydroxylation is 1. The average molecular weight is 628 g/mol. The molecule has 0 unspecified atom stereocenters. The van der Waals surface area contributed by atoms with Crippen molar-refractivity contribution in [2.45, 2.75) is 51.3 Å². The van der Waals surface area contributed by atoms with E-state index in [1.165, 1.54) is 50.3 Å². The summed E-state index contributed by atoms with van der Waals surface area (Å²) in [5.41, 5.74) is 5.12. The van der Waals surface area contributed by atoms with Gasteiger partial charge in [0.2, 0.25) is 5.95 Å². The number of aromatic nitrogens is 3. The van der Waals surface area contributed by atoms with Crippen molar-refractivity contribution in [3.63, 3.8) is 0 Å². The predicted molar refractivity (Wildman–Crippen MR) is 182 cm³/mol. The van der Waals surface area contributed by atoms with E-state index in [0.29, 0.717) is 46.9 Å². The van der Waals surface area contributed by atoms with Gasteiger partial charge in [0.15, 0.2) is 0 Å². The molecule has 10 heteroatoms. The first-order chi connectivity index (χ1) is 21.9. The van der Waals surface area contributed by atoms with Crippen molar-refractivity contribution >= 4 is 40.0 Å². The summed E-state index contributed by atoms with van der Waals surface area (Å²) in [5, 5.41) is 4.71. The molecule has 4 aromatic rings. The Labute approximate surface area is 269 Å². The lowest BCUT2D eigenvalue weighted by molar-refractivity contribution is 0.0971. The molecule has 0 aliphatic carbocycles. The normalized spacial score (nSPS) is 20.2. The van der Waals surface area contributed by atoms with Crippen LogP contribution >= 0.6 is 11.6 Å². The quantitative estimate of drug-likeness (QED) is 0.285. The van der Waals surface area contributed by atoms with Crippen molar-refractivity contribution in [1.29, 1.82) is 0 Å². The number of fused-ring (bicyclic) bond motifs is 1. The highest BCUT2D eigenvalue weighted by atomic mass is 35.5. The van der Waals surface area contributed by atoms with E-state index in [4.69, 9.17) is 21.3 Å². The molecular weight excluding hydrogens is 586 g/mol. The van der Waals surface area contributed by atoms with Gasteiger partial charge in [-0.25, -0.2) is 4.98 Å². The van der Waals surface area contributed by atoms with Crippen LogP contribution in [0.2, 0.25) is 5.02 Å². The maximum atomic E-state index is 13.9. The van der Waals surface area contributed by atoms with Gasteiger partial charge < -0.3 is 19.9 Å². The minimum atomic E-state index is -0.132. The molecule has 0 saturated carbocycles. The second kappa shape index (κ2) is 13.1. The summed E-state index contributed by atoms with van der Waals surface area (Å²) in [6.45, 7) is 10.2. The fourth-order valence-electron chi connectivity index (χ4n) is 7.13. The second-order valence-corrected chi connectivity index (χ2v) is 13.2. The van der Waals surface area contributed by atoms with Gasteiger partial charge in [-0.2, -0.15) is 4.98 Å². The standard InChI is InChI=1S/C35H42ClN7O2/c1-24-20-26(9-10-32(24)42-13-11-27(12-14-42)41-17-15-40(2)16-18-41)38-35-37-22-25-21-30(29-7-3-4-8-31(29)36)34(44)43(33(25)39-35)23-28-6-5-19-45-28/h3-4,7-10,20-22,27-28H,5-6,11-19,23H2,1-2H3,(H,37,38,39)/t28-/m1/s1. The summed E-state index contributed by atoms with van der Waals surface area (Å²) in [7, 11) is 2.22. The zero-order valence-electron chi connectivity index (χ0n) is 26.2. The second-order valence-electron chi connectivity index (χ2n) is 12.7. The van der Waals surface area contributed by atoms with E-state index in [0.717, 1.165) is 37.0 Å². The molecule has 0 bridgehead atoms. The number of hydrogen-bond acceptors (Lipinski definition) is 8. The molecule has 5 heterocycles. The molecule has 7 rings (SSSR count). The van der Waals surface area contributed by atoms with Crippen LogP contribution in [0.4, 0.5) is 17.3 Å². The summed E-state index contributed by atoms with van der Waals surface area (Å²) < 4.78 is 7.65. The molecular formula is C35H42ClN7O2. The van der Waals surface area contributed by atoms with Crippen molar-refractivity contribution in [3.8, 4) is 11.1 Å². The van der Waals surface area contributed by atoms with E-state index in [2.05, 4.69) is 57.2 Å². The number of hydrogen-bond donors (Lipinski definition) is 1. The minimum absolute atomic E-state index is 0.0272. The van der Waals surface area contributed by atoms with Crippen molar-refractivity contribution in [1.82, 2.24) is 24.3 Å². The highest BCUT2D eigenvalue weighted by molar-refractivity contribution is 6.33. The number of piperidine rings is 1. The number of nitrogens with zero attached hydrogens (tertiary/aromatic N) is 6.